The molecule has 2 rings (SSSR count). The van der Waals surface area contributed by atoms with Crippen LogP contribution in [0.5, 0.6) is 0 Å². The van der Waals surface area contributed by atoms with Crippen LogP contribution in [0.15, 0.2) is 18.2 Å². The number of benzene rings is 1. The number of aldehydes is 1. The summed E-state index contributed by atoms with van der Waals surface area (Å²) in [6.07, 6.45) is 1.92. The topological polar surface area (TPSA) is 37.4 Å². The monoisotopic (exact) mass is 227 g/mol. The van der Waals surface area contributed by atoms with E-state index in [4.69, 9.17) is 0 Å². The SMILES string of the molecule is CC(=O)N1CCc2cc(C#CCC=O)ccc21. The fourth-order valence-corrected chi connectivity index (χ4v) is 2.00. The van der Waals surface area contributed by atoms with Crippen molar-refractivity contribution in [3.05, 3.63) is 29.3 Å². The van der Waals surface area contributed by atoms with Crippen LogP contribution in [-0.2, 0) is 16.0 Å². The van der Waals surface area contributed by atoms with E-state index in [1.807, 2.05) is 18.2 Å². The third-order valence-electron chi connectivity index (χ3n) is 2.77. The highest BCUT2D eigenvalue weighted by Gasteiger charge is 2.21. The third-order valence-corrected chi connectivity index (χ3v) is 2.77. The summed E-state index contributed by atoms with van der Waals surface area (Å²) in [4.78, 5) is 23.3. The first kappa shape index (κ1) is 11.4. The first-order valence-corrected chi connectivity index (χ1v) is 5.56. The van der Waals surface area contributed by atoms with Crippen molar-refractivity contribution in [1.82, 2.24) is 0 Å². The lowest BCUT2D eigenvalue weighted by Crippen LogP contribution is -2.25. The van der Waals surface area contributed by atoms with Crippen LogP contribution in [-0.4, -0.2) is 18.7 Å². The van der Waals surface area contributed by atoms with Crippen LogP contribution in [0.3, 0.4) is 0 Å². The van der Waals surface area contributed by atoms with Gasteiger partial charge in [0.05, 0.1) is 6.42 Å². The summed E-state index contributed by atoms with van der Waals surface area (Å²) in [5.41, 5.74) is 3.03. The molecule has 0 spiro atoms. The highest BCUT2D eigenvalue weighted by molar-refractivity contribution is 5.93. The van der Waals surface area contributed by atoms with Gasteiger partial charge < -0.3 is 9.69 Å². The van der Waals surface area contributed by atoms with Gasteiger partial charge in [-0.2, -0.15) is 0 Å². The van der Waals surface area contributed by atoms with Crippen LogP contribution in [0.2, 0.25) is 0 Å². The van der Waals surface area contributed by atoms with Gasteiger partial charge in [0, 0.05) is 24.7 Å². The van der Waals surface area contributed by atoms with Crippen LogP contribution >= 0.6 is 0 Å². The summed E-state index contributed by atoms with van der Waals surface area (Å²) in [6, 6.07) is 5.81. The fraction of sp³-hybridized carbons (Fsp3) is 0.286. The van der Waals surface area contributed by atoms with Gasteiger partial charge in [0.15, 0.2) is 0 Å². The molecule has 0 saturated carbocycles. The van der Waals surface area contributed by atoms with E-state index in [2.05, 4.69) is 11.8 Å². The maximum Gasteiger partial charge on any atom is 0.223 e. The molecule has 0 aliphatic carbocycles. The quantitative estimate of drug-likeness (QED) is 0.539. The summed E-state index contributed by atoms with van der Waals surface area (Å²) in [5, 5.41) is 0. The zero-order chi connectivity index (χ0) is 12.3. The maximum absolute atomic E-state index is 11.4. The van der Waals surface area contributed by atoms with E-state index >= 15 is 0 Å². The van der Waals surface area contributed by atoms with Gasteiger partial charge in [-0.1, -0.05) is 11.8 Å². The molecule has 1 aromatic rings. The number of rotatable bonds is 1. The molecule has 0 fully saturated rings. The Balaban J connectivity index is 2.26. The largest absolute Gasteiger partial charge is 0.312 e. The summed E-state index contributed by atoms with van der Waals surface area (Å²) in [6.45, 7) is 2.32. The summed E-state index contributed by atoms with van der Waals surface area (Å²) in [5.74, 6) is 5.79. The van der Waals surface area contributed by atoms with Crippen molar-refractivity contribution in [2.45, 2.75) is 19.8 Å². The van der Waals surface area contributed by atoms with E-state index in [1.165, 1.54) is 0 Å². The minimum Gasteiger partial charge on any atom is -0.312 e. The molecular weight excluding hydrogens is 214 g/mol. The molecule has 3 heteroatoms. The van der Waals surface area contributed by atoms with Gasteiger partial charge in [-0.25, -0.2) is 0 Å². The minimum atomic E-state index is 0.0727. The number of hydrogen-bond acceptors (Lipinski definition) is 2. The van der Waals surface area contributed by atoms with Crippen LogP contribution in [0.4, 0.5) is 5.69 Å². The van der Waals surface area contributed by atoms with Gasteiger partial charge >= 0.3 is 0 Å². The normalized spacial score (nSPS) is 12.6. The van der Waals surface area contributed by atoms with Crippen LogP contribution < -0.4 is 4.90 Å². The number of hydrogen-bond donors (Lipinski definition) is 0. The van der Waals surface area contributed by atoms with E-state index < -0.39 is 0 Å². The number of amides is 1. The van der Waals surface area contributed by atoms with E-state index in [1.54, 1.807) is 11.8 Å². The van der Waals surface area contributed by atoms with Crippen molar-refractivity contribution in [3.63, 3.8) is 0 Å². The maximum atomic E-state index is 11.4. The molecular formula is C14H13NO2. The number of fused-ring (bicyclic) bond motifs is 1. The van der Waals surface area contributed by atoms with Gasteiger partial charge in [-0.05, 0) is 30.2 Å². The average Bonchev–Trinajstić information content (AvgIpc) is 2.72. The van der Waals surface area contributed by atoms with E-state index in [-0.39, 0.29) is 12.3 Å². The molecule has 86 valence electrons. The molecule has 1 aromatic carbocycles. The first-order valence-electron chi connectivity index (χ1n) is 5.56. The van der Waals surface area contributed by atoms with Crippen molar-refractivity contribution in [1.29, 1.82) is 0 Å². The standard InChI is InChI=1S/C14H13NO2/c1-11(17)15-8-7-13-10-12(4-2-3-9-16)5-6-14(13)15/h5-6,9-10H,3,7-8H2,1H3. The summed E-state index contributed by atoms with van der Waals surface area (Å²) in [7, 11) is 0. The first-order chi connectivity index (χ1) is 8.22. The lowest BCUT2D eigenvalue weighted by Gasteiger charge is -2.14. The highest BCUT2D eigenvalue weighted by atomic mass is 16.2. The van der Waals surface area contributed by atoms with Gasteiger partial charge in [0.25, 0.3) is 0 Å². The molecule has 0 unspecified atom stereocenters. The van der Waals surface area contributed by atoms with Crippen molar-refractivity contribution >= 4 is 17.9 Å². The summed E-state index contributed by atoms with van der Waals surface area (Å²) >= 11 is 0. The van der Waals surface area contributed by atoms with Crippen molar-refractivity contribution in [3.8, 4) is 11.8 Å². The molecule has 17 heavy (non-hydrogen) atoms. The number of nitrogens with zero attached hydrogens (tertiary/aromatic N) is 1. The van der Waals surface area contributed by atoms with Crippen molar-refractivity contribution in [2.75, 3.05) is 11.4 Å². The molecule has 0 aromatic heterocycles. The minimum absolute atomic E-state index is 0.0727. The van der Waals surface area contributed by atoms with Gasteiger partial charge in [0.2, 0.25) is 5.91 Å². The second-order valence-electron chi connectivity index (χ2n) is 3.94. The summed E-state index contributed by atoms with van der Waals surface area (Å²) < 4.78 is 0. The van der Waals surface area contributed by atoms with E-state index in [0.29, 0.717) is 0 Å². The Morgan fingerprint density at radius 2 is 2.35 bits per heavy atom. The van der Waals surface area contributed by atoms with Crippen molar-refractivity contribution < 1.29 is 9.59 Å². The molecule has 0 bridgehead atoms. The molecule has 1 heterocycles. The van der Waals surface area contributed by atoms with Crippen LogP contribution in [0, 0.1) is 11.8 Å². The zero-order valence-corrected chi connectivity index (χ0v) is 9.69. The average molecular weight is 227 g/mol. The van der Waals surface area contributed by atoms with E-state index in [9.17, 15) is 9.59 Å². The van der Waals surface area contributed by atoms with Gasteiger partial charge in [-0.3, -0.25) is 4.79 Å². The van der Waals surface area contributed by atoms with Crippen molar-refractivity contribution in [2.24, 2.45) is 0 Å². The molecule has 1 aliphatic heterocycles. The number of carbonyl (C=O) groups excluding carboxylic acids is 2. The lowest BCUT2D eigenvalue weighted by atomic mass is 10.1. The number of anilines is 1. The van der Waals surface area contributed by atoms with Crippen LogP contribution in [0.25, 0.3) is 0 Å². The van der Waals surface area contributed by atoms with E-state index in [0.717, 1.165) is 36.1 Å². The Kier molecular flexibility index (Phi) is 3.24. The Morgan fingerprint density at radius 1 is 1.53 bits per heavy atom. The highest BCUT2D eigenvalue weighted by Crippen LogP contribution is 2.28. The predicted octanol–water partition coefficient (Wildman–Crippen LogP) is 1.54. The Bertz CT molecular complexity index is 523. The molecule has 1 amide bonds. The van der Waals surface area contributed by atoms with Crippen LogP contribution in [0.1, 0.15) is 24.5 Å². The predicted molar refractivity (Wildman–Crippen MR) is 65.7 cm³/mol. The molecule has 0 N–H and O–H groups in total. The lowest BCUT2D eigenvalue weighted by molar-refractivity contribution is -0.116. The smallest absolute Gasteiger partial charge is 0.223 e. The molecule has 0 saturated heterocycles. The second kappa shape index (κ2) is 4.84. The number of carbonyl (C=O) groups is 2. The fourth-order valence-electron chi connectivity index (χ4n) is 2.00. The Morgan fingerprint density at radius 3 is 3.06 bits per heavy atom. The Hall–Kier alpha value is -2.08. The zero-order valence-electron chi connectivity index (χ0n) is 9.69. The molecule has 3 nitrogen and oxygen atoms in total. The third kappa shape index (κ3) is 2.36. The molecule has 1 aliphatic rings. The molecule has 0 radical (unpaired) electrons. The second-order valence-corrected chi connectivity index (χ2v) is 3.94. The van der Waals surface area contributed by atoms with Gasteiger partial charge in [-0.15, -0.1) is 0 Å². The van der Waals surface area contributed by atoms with Gasteiger partial charge in [0.1, 0.15) is 6.29 Å². The molecule has 0 atom stereocenters. The Labute approximate surface area is 100 Å².